The lowest BCUT2D eigenvalue weighted by Crippen LogP contribution is -2.38. The first-order valence-electron chi connectivity index (χ1n) is 7.73. The molecule has 0 radical (unpaired) electrons. The molecule has 0 aromatic heterocycles. The molecule has 0 aliphatic carbocycles. The second-order valence-electron chi connectivity index (χ2n) is 5.76. The van der Waals surface area contributed by atoms with Crippen LogP contribution in [0.2, 0.25) is 0 Å². The molecule has 3 aliphatic heterocycles. The van der Waals surface area contributed by atoms with Crippen molar-refractivity contribution in [2.24, 2.45) is 0 Å². The summed E-state index contributed by atoms with van der Waals surface area (Å²) in [6.45, 7) is 1.01. The average Bonchev–Trinajstić information content (AvgIpc) is 3.04. The number of nitrogens with zero attached hydrogens (tertiary/aromatic N) is 2. The minimum Gasteiger partial charge on any atom is -0.412 e. The van der Waals surface area contributed by atoms with Gasteiger partial charge in [0.25, 0.3) is 0 Å². The predicted molar refractivity (Wildman–Crippen MR) is 97.7 cm³/mol. The van der Waals surface area contributed by atoms with E-state index in [-0.39, 0.29) is 17.9 Å². The summed E-state index contributed by atoms with van der Waals surface area (Å²) in [4.78, 5) is 12.0. The van der Waals surface area contributed by atoms with Gasteiger partial charge >= 0.3 is 0 Å². The fourth-order valence-corrected chi connectivity index (χ4v) is 3.10. The summed E-state index contributed by atoms with van der Waals surface area (Å²) >= 11 is 0. The Labute approximate surface area is 147 Å². The van der Waals surface area contributed by atoms with Crippen LogP contribution >= 0.6 is 12.4 Å². The first-order chi connectivity index (χ1) is 10.9. The third-order valence-electron chi connectivity index (χ3n) is 4.25. The molecule has 6 nitrogen and oxygen atoms in total. The number of nitrogens with one attached hydrogen (secondary N) is 3. The van der Waals surface area contributed by atoms with E-state index in [2.05, 4.69) is 55.9 Å². The number of rotatable bonds is 3. The quantitative estimate of drug-likeness (QED) is 0.677. The molecule has 1 fully saturated rings. The van der Waals surface area contributed by atoms with E-state index in [0.29, 0.717) is 12.1 Å². The highest BCUT2D eigenvalue weighted by atomic mass is 35.5. The molecule has 3 aliphatic rings. The number of piperidine rings is 1. The fraction of sp³-hybridized carbons (Fsp3) is 0.294. The van der Waals surface area contributed by atoms with Crippen molar-refractivity contribution in [3.05, 3.63) is 54.4 Å². The van der Waals surface area contributed by atoms with Gasteiger partial charge < -0.3 is 21.1 Å². The zero-order valence-electron chi connectivity index (χ0n) is 13.2. The zero-order chi connectivity index (χ0) is 14.8. The number of anilines is 1. The predicted octanol–water partition coefficient (Wildman–Crippen LogP) is 2.41. The van der Waals surface area contributed by atoms with Crippen molar-refractivity contribution in [3.8, 4) is 11.4 Å². The van der Waals surface area contributed by atoms with E-state index in [1.165, 1.54) is 5.56 Å². The number of fused-ring (bicyclic) bond motifs is 1. The van der Waals surface area contributed by atoms with E-state index < -0.39 is 0 Å². The maximum atomic E-state index is 4.42. The summed E-state index contributed by atoms with van der Waals surface area (Å²) in [7, 11) is 0. The molecule has 0 spiro atoms. The van der Waals surface area contributed by atoms with Crippen LogP contribution in [0.1, 0.15) is 24.4 Å². The molecule has 4 rings (SSSR count). The van der Waals surface area contributed by atoms with Gasteiger partial charge in [0.1, 0.15) is 5.69 Å². The summed E-state index contributed by atoms with van der Waals surface area (Å²) in [5, 5.41) is 7.12. The Morgan fingerprint density at radius 2 is 1.92 bits per heavy atom. The Bertz CT molecular complexity index is 720. The van der Waals surface area contributed by atoms with Crippen LogP contribution in [-0.2, 0) is 0 Å². The number of aromatic nitrogens is 3. The Morgan fingerprint density at radius 1 is 1.08 bits per heavy atom. The molecule has 0 saturated carbocycles. The largest absolute Gasteiger partial charge is 0.412 e. The monoisotopic (exact) mass is 347 g/mol. The van der Waals surface area contributed by atoms with Gasteiger partial charge in [-0.3, -0.25) is 4.98 Å². The SMILES string of the molecule is Cl.O.c1ccc(C2CC(Nc3ncc4nccc-4[nH]3)CCN2)cc1. The van der Waals surface area contributed by atoms with Crippen molar-refractivity contribution in [2.45, 2.75) is 24.9 Å². The van der Waals surface area contributed by atoms with Crippen molar-refractivity contribution in [1.29, 1.82) is 0 Å². The average molecular weight is 348 g/mol. The van der Waals surface area contributed by atoms with Crippen LogP contribution < -0.4 is 10.6 Å². The molecule has 0 bridgehead atoms. The lowest BCUT2D eigenvalue weighted by atomic mass is 9.94. The topological polar surface area (TPSA) is 97.1 Å². The standard InChI is InChI=1S/C17H19N5.ClH.H2O/c1-2-4-12(5-3-1)15-10-13(6-8-18-15)21-17-20-11-16-14(22-17)7-9-19-16;;/h1-5,7,9,11,13,15,18H,6,8,10H2,(H2,20,21,22);1H;1H2. The van der Waals surface area contributed by atoms with Crippen molar-refractivity contribution in [2.75, 3.05) is 11.9 Å². The fourth-order valence-electron chi connectivity index (χ4n) is 3.10. The molecule has 2 unspecified atom stereocenters. The number of hydrogen-bond acceptors (Lipinski definition) is 4. The Hall–Kier alpha value is -2.15. The van der Waals surface area contributed by atoms with E-state index >= 15 is 0 Å². The summed E-state index contributed by atoms with van der Waals surface area (Å²) < 4.78 is 0. The minimum atomic E-state index is 0. The van der Waals surface area contributed by atoms with Crippen molar-refractivity contribution in [1.82, 2.24) is 20.3 Å². The van der Waals surface area contributed by atoms with Crippen LogP contribution in [0, 0.1) is 0 Å². The summed E-state index contributed by atoms with van der Waals surface area (Å²) in [6.07, 6.45) is 5.75. The molecular formula is C17H22ClN5O. The third kappa shape index (κ3) is 3.84. The summed E-state index contributed by atoms with van der Waals surface area (Å²) in [5.41, 5.74) is 3.27. The normalized spacial score (nSPS) is 20.0. The van der Waals surface area contributed by atoms with Gasteiger partial charge in [-0.15, -0.1) is 12.4 Å². The lowest BCUT2D eigenvalue weighted by molar-refractivity contribution is 0.383. The molecule has 3 heterocycles. The van der Waals surface area contributed by atoms with E-state index in [0.717, 1.165) is 36.7 Å². The second-order valence-corrected chi connectivity index (χ2v) is 5.76. The number of aromatic amines is 1. The molecule has 5 N–H and O–H groups in total. The van der Waals surface area contributed by atoms with Crippen molar-refractivity contribution in [3.63, 3.8) is 0 Å². The maximum Gasteiger partial charge on any atom is 0.200 e. The van der Waals surface area contributed by atoms with E-state index in [1.54, 1.807) is 6.20 Å². The van der Waals surface area contributed by atoms with Crippen LogP contribution in [0.3, 0.4) is 0 Å². The van der Waals surface area contributed by atoms with Gasteiger partial charge in [0.05, 0.1) is 11.9 Å². The van der Waals surface area contributed by atoms with Crippen LogP contribution in [0.25, 0.3) is 11.4 Å². The van der Waals surface area contributed by atoms with E-state index in [9.17, 15) is 0 Å². The first kappa shape index (κ1) is 18.2. The van der Waals surface area contributed by atoms with Crippen molar-refractivity contribution >= 4 is 18.4 Å². The lowest BCUT2D eigenvalue weighted by Gasteiger charge is -2.31. The molecule has 1 aromatic carbocycles. The van der Waals surface area contributed by atoms with Crippen LogP contribution in [0.15, 0.2) is 48.8 Å². The van der Waals surface area contributed by atoms with Crippen LogP contribution in [0.5, 0.6) is 0 Å². The molecule has 0 amide bonds. The van der Waals surface area contributed by atoms with Gasteiger partial charge in [-0.25, -0.2) is 4.98 Å². The van der Waals surface area contributed by atoms with E-state index in [1.807, 2.05) is 12.3 Å². The molecule has 7 heteroatoms. The molecule has 1 saturated heterocycles. The van der Waals surface area contributed by atoms with Crippen LogP contribution in [0.4, 0.5) is 5.95 Å². The number of H-pyrrole nitrogens is 1. The molecule has 24 heavy (non-hydrogen) atoms. The Balaban J connectivity index is 0.00000104. The van der Waals surface area contributed by atoms with Gasteiger partial charge in [-0.05, 0) is 31.0 Å². The number of hydrogen-bond donors (Lipinski definition) is 3. The van der Waals surface area contributed by atoms with Crippen molar-refractivity contribution < 1.29 is 5.48 Å². The minimum absolute atomic E-state index is 0. The van der Waals surface area contributed by atoms with Gasteiger partial charge in [-0.2, -0.15) is 0 Å². The molecular weight excluding hydrogens is 326 g/mol. The first-order valence-corrected chi connectivity index (χ1v) is 7.73. The molecule has 1 aromatic rings. The molecule has 2 atom stereocenters. The maximum absolute atomic E-state index is 4.42. The summed E-state index contributed by atoms with van der Waals surface area (Å²) in [6, 6.07) is 13.4. The highest BCUT2D eigenvalue weighted by Crippen LogP contribution is 2.25. The Kier molecular flexibility index (Phi) is 6.14. The second kappa shape index (κ2) is 8.10. The van der Waals surface area contributed by atoms with Gasteiger partial charge in [0, 0.05) is 18.3 Å². The van der Waals surface area contributed by atoms with Crippen LogP contribution in [-0.4, -0.2) is 33.0 Å². The number of halogens is 1. The van der Waals surface area contributed by atoms with Gasteiger partial charge in [-0.1, -0.05) is 30.3 Å². The highest BCUT2D eigenvalue weighted by molar-refractivity contribution is 5.85. The smallest absolute Gasteiger partial charge is 0.200 e. The highest BCUT2D eigenvalue weighted by Gasteiger charge is 2.23. The molecule has 128 valence electrons. The zero-order valence-corrected chi connectivity index (χ0v) is 14.0. The Morgan fingerprint density at radius 3 is 2.75 bits per heavy atom. The van der Waals surface area contributed by atoms with E-state index in [4.69, 9.17) is 0 Å². The van der Waals surface area contributed by atoms with Gasteiger partial charge in [0.2, 0.25) is 5.95 Å². The summed E-state index contributed by atoms with van der Waals surface area (Å²) in [5.74, 6) is 0.819. The number of benzene rings is 1. The van der Waals surface area contributed by atoms with Gasteiger partial charge in [0.15, 0.2) is 0 Å². The third-order valence-corrected chi connectivity index (χ3v) is 4.25.